The topological polar surface area (TPSA) is 12.0 Å². The molecular formula is C15H22F3N. The highest BCUT2D eigenvalue weighted by molar-refractivity contribution is 5.27. The molecule has 1 nitrogen and oxygen atoms in total. The third-order valence-corrected chi connectivity index (χ3v) is 3.43. The minimum absolute atomic E-state index is 0.210. The van der Waals surface area contributed by atoms with Gasteiger partial charge in [0.2, 0.25) is 0 Å². The molecule has 1 aromatic rings. The Bertz CT molecular complexity index is 364. The van der Waals surface area contributed by atoms with Gasteiger partial charge in [-0.05, 0) is 36.6 Å². The molecule has 1 rings (SSSR count). The van der Waals surface area contributed by atoms with Crippen molar-refractivity contribution >= 4 is 0 Å². The second kappa shape index (κ2) is 6.94. The predicted octanol–water partition coefficient (Wildman–Crippen LogP) is 4.59. The van der Waals surface area contributed by atoms with Gasteiger partial charge in [-0.2, -0.15) is 13.2 Å². The van der Waals surface area contributed by atoms with E-state index in [0.29, 0.717) is 6.04 Å². The maximum atomic E-state index is 12.5. The average Bonchev–Trinajstić information content (AvgIpc) is 2.37. The van der Waals surface area contributed by atoms with Crippen LogP contribution in [-0.2, 0) is 6.18 Å². The first-order valence-corrected chi connectivity index (χ1v) is 6.80. The first-order valence-electron chi connectivity index (χ1n) is 6.80. The third kappa shape index (κ3) is 4.53. The van der Waals surface area contributed by atoms with Gasteiger partial charge in [-0.1, -0.05) is 39.3 Å². The maximum absolute atomic E-state index is 12.5. The van der Waals surface area contributed by atoms with Gasteiger partial charge in [0.1, 0.15) is 0 Å². The molecule has 0 aliphatic heterocycles. The van der Waals surface area contributed by atoms with Crippen molar-refractivity contribution in [3.63, 3.8) is 0 Å². The van der Waals surface area contributed by atoms with Crippen molar-refractivity contribution < 1.29 is 13.2 Å². The minimum Gasteiger partial charge on any atom is -0.314 e. The second-order valence-corrected chi connectivity index (χ2v) is 4.86. The van der Waals surface area contributed by atoms with Crippen molar-refractivity contribution in [3.05, 3.63) is 35.4 Å². The summed E-state index contributed by atoms with van der Waals surface area (Å²) in [7, 11) is 0. The molecule has 0 radical (unpaired) electrons. The lowest BCUT2D eigenvalue weighted by Gasteiger charge is -2.25. The summed E-state index contributed by atoms with van der Waals surface area (Å²) in [6, 6.07) is 5.83. The molecule has 0 heterocycles. The summed E-state index contributed by atoms with van der Waals surface area (Å²) in [5, 5.41) is 3.40. The number of rotatable bonds is 6. The highest BCUT2D eigenvalue weighted by Gasteiger charge is 2.30. The van der Waals surface area contributed by atoms with Crippen LogP contribution in [0.3, 0.4) is 0 Å². The zero-order valence-electron chi connectivity index (χ0n) is 11.7. The van der Waals surface area contributed by atoms with Gasteiger partial charge in [0, 0.05) is 6.04 Å². The Morgan fingerprint density at radius 3 is 2.11 bits per heavy atom. The molecule has 19 heavy (non-hydrogen) atoms. The normalized spacial score (nSPS) is 15.3. The van der Waals surface area contributed by atoms with Crippen molar-refractivity contribution in [2.75, 3.05) is 6.54 Å². The Morgan fingerprint density at radius 2 is 1.68 bits per heavy atom. The third-order valence-electron chi connectivity index (χ3n) is 3.43. The van der Waals surface area contributed by atoms with E-state index in [9.17, 15) is 13.2 Å². The van der Waals surface area contributed by atoms with Gasteiger partial charge in [0.25, 0.3) is 0 Å². The molecule has 0 spiro atoms. The molecule has 0 amide bonds. The van der Waals surface area contributed by atoms with E-state index >= 15 is 0 Å². The zero-order chi connectivity index (χ0) is 14.5. The largest absolute Gasteiger partial charge is 0.416 e. The fourth-order valence-electron chi connectivity index (χ4n) is 2.31. The van der Waals surface area contributed by atoms with Crippen molar-refractivity contribution in [3.8, 4) is 0 Å². The number of nitrogens with one attached hydrogen (secondary N) is 1. The van der Waals surface area contributed by atoms with Gasteiger partial charge in [-0.3, -0.25) is 0 Å². The Balaban J connectivity index is 2.83. The van der Waals surface area contributed by atoms with Crippen LogP contribution in [-0.4, -0.2) is 12.6 Å². The molecule has 0 bridgehead atoms. The number of likely N-dealkylation sites (N-methyl/N-ethyl adjacent to an activating group) is 1. The lowest BCUT2D eigenvalue weighted by atomic mass is 9.90. The first-order chi connectivity index (χ1) is 8.90. The molecule has 0 aromatic heterocycles. The number of halogens is 3. The molecule has 0 fully saturated rings. The standard InChI is InChI=1S/C15H22F3N/c1-4-6-14(19-5-2)11(3)12-7-9-13(10-8-12)15(16,17)18/h7-11,14,19H,4-6H2,1-3H3. The minimum atomic E-state index is -4.26. The van der Waals surface area contributed by atoms with E-state index in [1.165, 1.54) is 12.1 Å². The molecule has 0 aliphatic rings. The van der Waals surface area contributed by atoms with Gasteiger partial charge in [0.05, 0.1) is 5.56 Å². The first kappa shape index (κ1) is 16.0. The van der Waals surface area contributed by atoms with Gasteiger partial charge < -0.3 is 5.32 Å². The van der Waals surface area contributed by atoms with Crippen molar-refractivity contribution in [1.29, 1.82) is 0 Å². The highest BCUT2D eigenvalue weighted by atomic mass is 19.4. The van der Waals surface area contributed by atoms with Crippen LogP contribution in [0.15, 0.2) is 24.3 Å². The van der Waals surface area contributed by atoms with E-state index in [1.54, 1.807) is 12.1 Å². The number of benzene rings is 1. The van der Waals surface area contributed by atoms with E-state index in [4.69, 9.17) is 0 Å². The Morgan fingerprint density at radius 1 is 1.11 bits per heavy atom. The van der Waals surface area contributed by atoms with E-state index in [-0.39, 0.29) is 5.92 Å². The molecule has 1 N–H and O–H groups in total. The Hall–Kier alpha value is -1.03. The van der Waals surface area contributed by atoms with E-state index in [2.05, 4.69) is 19.2 Å². The van der Waals surface area contributed by atoms with Gasteiger partial charge in [0.15, 0.2) is 0 Å². The number of hydrogen-bond donors (Lipinski definition) is 1. The van der Waals surface area contributed by atoms with Crippen LogP contribution in [0.25, 0.3) is 0 Å². The van der Waals surface area contributed by atoms with Crippen LogP contribution in [0.5, 0.6) is 0 Å². The number of hydrogen-bond acceptors (Lipinski definition) is 1. The Labute approximate surface area is 113 Å². The maximum Gasteiger partial charge on any atom is 0.416 e. The summed E-state index contributed by atoms with van der Waals surface area (Å²) in [6.45, 7) is 7.09. The fraction of sp³-hybridized carbons (Fsp3) is 0.600. The lowest BCUT2D eigenvalue weighted by molar-refractivity contribution is -0.137. The van der Waals surface area contributed by atoms with Crippen LogP contribution >= 0.6 is 0 Å². The van der Waals surface area contributed by atoms with E-state index < -0.39 is 11.7 Å². The summed E-state index contributed by atoms with van der Waals surface area (Å²) >= 11 is 0. The smallest absolute Gasteiger partial charge is 0.314 e. The van der Waals surface area contributed by atoms with Crippen molar-refractivity contribution in [2.24, 2.45) is 0 Å². The van der Waals surface area contributed by atoms with E-state index in [1.807, 2.05) is 6.92 Å². The Kier molecular flexibility index (Phi) is 5.85. The lowest BCUT2D eigenvalue weighted by Crippen LogP contribution is -2.33. The van der Waals surface area contributed by atoms with Crippen LogP contribution in [0.2, 0.25) is 0 Å². The van der Waals surface area contributed by atoms with Gasteiger partial charge >= 0.3 is 6.18 Å². The highest BCUT2D eigenvalue weighted by Crippen LogP contribution is 2.31. The molecule has 1 aromatic carbocycles. The van der Waals surface area contributed by atoms with Gasteiger partial charge in [-0.25, -0.2) is 0 Å². The number of alkyl halides is 3. The zero-order valence-corrected chi connectivity index (χ0v) is 11.7. The molecule has 0 saturated carbocycles. The molecule has 0 aliphatic carbocycles. The molecular weight excluding hydrogens is 251 g/mol. The molecule has 0 saturated heterocycles. The molecule has 108 valence electrons. The van der Waals surface area contributed by atoms with Crippen molar-refractivity contribution in [1.82, 2.24) is 5.32 Å². The van der Waals surface area contributed by atoms with Gasteiger partial charge in [-0.15, -0.1) is 0 Å². The average molecular weight is 273 g/mol. The quantitative estimate of drug-likeness (QED) is 0.799. The summed E-state index contributed by atoms with van der Waals surface area (Å²) in [5.41, 5.74) is 0.367. The van der Waals surface area contributed by atoms with Crippen LogP contribution in [0.4, 0.5) is 13.2 Å². The summed E-state index contributed by atoms with van der Waals surface area (Å²) in [6.07, 6.45) is -2.18. The van der Waals surface area contributed by atoms with E-state index in [0.717, 1.165) is 24.9 Å². The summed E-state index contributed by atoms with van der Waals surface area (Å²) in [5.74, 6) is 0.210. The van der Waals surface area contributed by atoms with Crippen LogP contribution < -0.4 is 5.32 Å². The monoisotopic (exact) mass is 273 g/mol. The molecule has 2 atom stereocenters. The molecule has 4 heteroatoms. The molecule has 2 unspecified atom stereocenters. The van der Waals surface area contributed by atoms with Crippen molar-refractivity contribution in [2.45, 2.75) is 51.7 Å². The predicted molar refractivity (Wildman–Crippen MR) is 72.2 cm³/mol. The van der Waals surface area contributed by atoms with Crippen LogP contribution in [0, 0.1) is 0 Å². The van der Waals surface area contributed by atoms with Crippen LogP contribution in [0.1, 0.15) is 50.7 Å². The fourth-order valence-corrected chi connectivity index (χ4v) is 2.31. The summed E-state index contributed by atoms with van der Waals surface area (Å²) < 4.78 is 37.5. The second-order valence-electron chi connectivity index (χ2n) is 4.86. The summed E-state index contributed by atoms with van der Waals surface area (Å²) in [4.78, 5) is 0. The SMILES string of the molecule is CCCC(NCC)C(C)c1ccc(C(F)(F)F)cc1.